The maximum atomic E-state index is 12.3. The predicted octanol–water partition coefficient (Wildman–Crippen LogP) is 2.25. The first kappa shape index (κ1) is 14.2. The molecule has 0 amide bonds. The summed E-state index contributed by atoms with van der Waals surface area (Å²) < 4.78 is 12.1. The normalized spacial score (nSPS) is 23.9. The van der Waals surface area contributed by atoms with Crippen molar-refractivity contribution in [2.75, 3.05) is 0 Å². The van der Waals surface area contributed by atoms with Gasteiger partial charge in [-0.15, -0.1) is 0 Å². The minimum atomic E-state index is -0.998. The molecule has 91 valence electrons. The van der Waals surface area contributed by atoms with E-state index in [9.17, 15) is 4.21 Å². The van der Waals surface area contributed by atoms with Crippen molar-refractivity contribution >= 4 is 10.8 Å². The van der Waals surface area contributed by atoms with E-state index < -0.39 is 10.8 Å². The molecule has 2 atom stereocenters. The van der Waals surface area contributed by atoms with Gasteiger partial charge in [0.05, 0.1) is 5.25 Å². The first-order valence-electron chi connectivity index (χ1n) is 5.68. The fourth-order valence-electron chi connectivity index (χ4n) is 1.55. The van der Waals surface area contributed by atoms with Gasteiger partial charge < -0.3 is 5.73 Å². The highest BCUT2D eigenvalue weighted by atomic mass is 32.2. The van der Waals surface area contributed by atoms with Crippen LogP contribution >= 0.6 is 0 Å². The van der Waals surface area contributed by atoms with Crippen molar-refractivity contribution in [3.05, 3.63) is 30.4 Å². The lowest BCUT2D eigenvalue weighted by Crippen LogP contribution is -2.39. The van der Waals surface area contributed by atoms with Crippen LogP contribution in [-0.4, -0.2) is 15.0 Å². The number of hydrogen-bond donors (Lipinski definition) is 1. The van der Waals surface area contributed by atoms with E-state index in [1.807, 2.05) is 40.0 Å². The van der Waals surface area contributed by atoms with Crippen LogP contribution in [0.15, 0.2) is 0 Å². The van der Waals surface area contributed by atoms with Gasteiger partial charge in [0.15, 0.2) is 0 Å². The maximum absolute atomic E-state index is 12.3. The van der Waals surface area contributed by atoms with E-state index in [0.29, 0.717) is 5.92 Å². The highest BCUT2D eigenvalue weighted by Gasteiger charge is 2.42. The molecular formula is C13H22NOS. The van der Waals surface area contributed by atoms with Crippen LogP contribution in [0.25, 0.3) is 0 Å². The van der Waals surface area contributed by atoms with Crippen LogP contribution in [-0.2, 0) is 10.8 Å². The molecule has 0 unspecified atom stereocenters. The van der Waals surface area contributed by atoms with E-state index in [2.05, 4.69) is 13.8 Å². The summed E-state index contributed by atoms with van der Waals surface area (Å²) in [4.78, 5) is 0. The molecule has 1 aliphatic rings. The van der Waals surface area contributed by atoms with E-state index in [-0.39, 0.29) is 10.8 Å². The molecule has 0 aliphatic heterocycles. The molecule has 0 saturated heterocycles. The molecule has 1 fully saturated rings. The van der Waals surface area contributed by atoms with Crippen LogP contribution in [0, 0.1) is 36.3 Å². The lowest BCUT2D eigenvalue weighted by atomic mass is 9.90. The molecule has 3 heteroatoms. The zero-order chi connectivity index (χ0) is 12.5. The third-order valence-electron chi connectivity index (χ3n) is 2.64. The first-order chi connectivity index (χ1) is 7.25. The molecule has 0 aromatic carbocycles. The van der Waals surface area contributed by atoms with Gasteiger partial charge in [0.25, 0.3) is 0 Å². The summed E-state index contributed by atoms with van der Waals surface area (Å²) in [5.74, 6) is 1.39. The Morgan fingerprint density at radius 2 is 1.81 bits per heavy atom. The van der Waals surface area contributed by atoms with E-state index in [0.717, 1.165) is 11.2 Å². The second-order valence-corrected chi connectivity index (χ2v) is 7.70. The minimum absolute atomic E-state index is 0.0312. The zero-order valence-corrected chi connectivity index (χ0v) is 11.6. The highest BCUT2D eigenvalue weighted by molar-refractivity contribution is 7.89. The van der Waals surface area contributed by atoms with Crippen molar-refractivity contribution < 1.29 is 4.21 Å². The van der Waals surface area contributed by atoms with Crippen LogP contribution in [0.1, 0.15) is 34.6 Å². The van der Waals surface area contributed by atoms with Crippen molar-refractivity contribution in [2.45, 2.75) is 45.4 Å². The smallest absolute Gasteiger partial charge is 0.0759 e. The molecule has 5 radical (unpaired) electrons. The molecule has 0 heterocycles. The molecule has 16 heavy (non-hydrogen) atoms. The minimum Gasteiger partial charge on any atom is -0.327 e. The highest BCUT2D eigenvalue weighted by Crippen LogP contribution is 2.42. The molecule has 1 saturated carbocycles. The molecular weight excluding hydrogens is 218 g/mol. The number of hydrogen-bond acceptors (Lipinski definition) is 2. The van der Waals surface area contributed by atoms with Crippen molar-refractivity contribution in [1.82, 2.24) is 0 Å². The largest absolute Gasteiger partial charge is 0.327 e. The summed E-state index contributed by atoms with van der Waals surface area (Å²) in [5, 5.41) is 0.897. The van der Waals surface area contributed by atoms with Crippen molar-refractivity contribution in [1.29, 1.82) is 0 Å². The van der Waals surface area contributed by atoms with Gasteiger partial charge in [-0.3, -0.25) is 4.21 Å². The summed E-state index contributed by atoms with van der Waals surface area (Å²) in [6.07, 6.45) is 5.86. The Kier molecular flexibility index (Phi) is 4.58. The number of nitrogens with two attached hydrogens (primary N) is 1. The summed E-state index contributed by atoms with van der Waals surface area (Å²) in [6.45, 7) is 10.1. The third-order valence-corrected chi connectivity index (χ3v) is 4.52. The Hall–Kier alpha value is 0.110. The molecule has 0 aromatic rings. The van der Waals surface area contributed by atoms with Gasteiger partial charge in [0, 0.05) is 27.5 Å². The molecule has 2 N–H and O–H groups in total. The van der Waals surface area contributed by atoms with Gasteiger partial charge in [-0.25, -0.2) is 0 Å². The summed E-state index contributed by atoms with van der Waals surface area (Å²) >= 11 is 0. The summed E-state index contributed by atoms with van der Waals surface area (Å²) in [6, 6.07) is -0.0312. The van der Waals surface area contributed by atoms with E-state index in [1.54, 1.807) is 0 Å². The number of rotatable bonds is 3. The predicted molar refractivity (Wildman–Crippen MR) is 70.1 cm³/mol. The lowest BCUT2D eigenvalue weighted by molar-refractivity contribution is 0.519. The van der Waals surface area contributed by atoms with Gasteiger partial charge in [-0.05, 0) is 46.0 Å². The van der Waals surface area contributed by atoms with Crippen LogP contribution < -0.4 is 5.73 Å². The van der Waals surface area contributed by atoms with Gasteiger partial charge in [0.2, 0.25) is 0 Å². The van der Waals surface area contributed by atoms with Crippen LogP contribution in [0.5, 0.6) is 0 Å². The summed E-state index contributed by atoms with van der Waals surface area (Å²) in [5.41, 5.74) is 6.13. The van der Waals surface area contributed by atoms with Crippen molar-refractivity contribution in [3.63, 3.8) is 0 Å². The van der Waals surface area contributed by atoms with Gasteiger partial charge >= 0.3 is 0 Å². The Morgan fingerprint density at radius 1 is 1.25 bits per heavy atom. The van der Waals surface area contributed by atoms with Crippen LogP contribution in [0.4, 0.5) is 0 Å². The molecule has 0 bridgehead atoms. The quantitative estimate of drug-likeness (QED) is 0.822. The maximum Gasteiger partial charge on any atom is 0.0759 e. The molecule has 0 spiro atoms. The van der Waals surface area contributed by atoms with Gasteiger partial charge in [0.1, 0.15) is 0 Å². The zero-order valence-electron chi connectivity index (χ0n) is 10.8. The van der Waals surface area contributed by atoms with E-state index >= 15 is 0 Å². The second kappa shape index (κ2) is 5.18. The van der Waals surface area contributed by atoms with Crippen LogP contribution in [0.2, 0.25) is 0 Å². The van der Waals surface area contributed by atoms with Crippen LogP contribution in [0.3, 0.4) is 0 Å². The van der Waals surface area contributed by atoms with Crippen molar-refractivity contribution in [3.8, 4) is 0 Å². The van der Waals surface area contributed by atoms with E-state index in [1.165, 1.54) is 0 Å². The first-order valence-corrected chi connectivity index (χ1v) is 6.83. The Balaban J connectivity index is 2.77. The fourth-order valence-corrected chi connectivity index (χ4v) is 2.83. The van der Waals surface area contributed by atoms with Crippen molar-refractivity contribution in [2.24, 2.45) is 11.7 Å². The second-order valence-electron chi connectivity index (χ2n) is 5.50. The third kappa shape index (κ3) is 3.07. The molecule has 1 rings (SSSR count). The Morgan fingerprint density at radius 3 is 2.25 bits per heavy atom. The average Bonchev–Trinajstić information content (AvgIpc) is 2.61. The average molecular weight is 240 g/mol. The fraction of sp³-hybridized carbons (Fsp3) is 0.615. The standard InChI is InChI=1S/C13H22NOS/c1-9(2)12(14)10-7-6-8-11(10)16(15)13(3,4)5/h6-9,12H,14H2,1-5H3/t12-,16+/m0/s1. The van der Waals surface area contributed by atoms with E-state index in [4.69, 9.17) is 5.73 Å². The lowest BCUT2D eigenvalue weighted by Gasteiger charge is -2.30. The van der Waals surface area contributed by atoms with Gasteiger partial charge in [-0.1, -0.05) is 13.8 Å². The molecule has 0 aromatic heterocycles. The Labute approximate surface area is 103 Å². The molecule has 1 aliphatic carbocycles. The molecule has 2 nitrogen and oxygen atoms in total. The summed E-state index contributed by atoms with van der Waals surface area (Å²) in [7, 11) is -0.998. The SMILES string of the molecule is CC(C)[C@H](N)[C]1[CH][CH][CH][C]1[S@@](=O)C(C)(C)C. The monoisotopic (exact) mass is 240 g/mol. The Bertz CT molecular complexity index is 257. The van der Waals surface area contributed by atoms with Gasteiger partial charge in [-0.2, -0.15) is 0 Å². The topological polar surface area (TPSA) is 43.1 Å².